The lowest BCUT2D eigenvalue weighted by molar-refractivity contribution is -0.119. The van der Waals surface area contributed by atoms with Crippen molar-refractivity contribution in [2.24, 2.45) is 0 Å². The summed E-state index contributed by atoms with van der Waals surface area (Å²) < 4.78 is 0. The van der Waals surface area contributed by atoms with E-state index in [2.05, 4.69) is 17.2 Å². The second-order valence-corrected chi connectivity index (χ2v) is 3.75. The molecule has 1 fully saturated rings. The number of nitrogens with zero attached hydrogens (tertiary/aromatic N) is 1. The van der Waals surface area contributed by atoms with Crippen molar-refractivity contribution < 1.29 is 4.79 Å². The Labute approximate surface area is 77.2 Å². The molecule has 1 aromatic heterocycles. The first kappa shape index (κ1) is 8.23. The van der Waals surface area contributed by atoms with Gasteiger partial charge in [0.25, 0.3) is 0 Å². The van der Waals surface area contributed by atoms with E-state index >= 15 is 0 Å². The Bertz CT molecular complexity index is 323. The minimum Gasteiger partial charge on any atom is -0.355 e. The summed E-state index contributed by atoms with van der Waals surface area (Å²) in [5, 5.41) is 2.85. The molecule has 1 amide bonds. The molecule has 1 unspecified atom stereocenters. The molecule has 1 aliphatic rings. The summed E-state index contributed by atoms with van der Waals surface area (Å²) in [5.41, 5.74) is 1.14. The number of carbonyl (C=O) groups is 1. The van der Waals surface area contributed by atoms with Crippen LogP contribution in [0.3, 0.4) is 0 Å². The third-order valence-corrected chi connectivity index (χ3v) is 2.60. The maximum Gasteiger partial charge on any atom is 0.220 e. The van der Waals surface area contributed by atoms with Gasteiger partial charge < -0.3 is 5.32 Å². The molecular formula is C10H12N2O. The van der Waals surface area contributed by atoms with E-state index < -0.39 is 0 Å². The molecule has 1 aromatic rings. The van der Waals surface area contributed by atoms with Gasteiger partial charge in [-0.05, 0) is 17.7 Å². The fourth-order valence-electron chi connectivity index (χ4n) is 1.73. The zero-order valence-corrected chi connectivity index (χ0v) is 7.58. The van der Waals surface area contributed by atoms with Gasteiger partial charge in [0.05, 0.1) is 0 Å². The summed E-state index contributed by atoms with van der Waals surface area (Å²) in [7, 11) is 0. The third kappa shape index (κ3) is 1.41. The van der Waals surface area contributed by atoms with Gasteiger partial charge >= 0.3 is 0 Å². The number of hydrogen-bond acceptors (Lipinski definition) is 2. The number of carbonyl (C=O) groups excluding carboxylic acids is 1. The van der Waals surface area contributed by atoms with Crippen LogP contribution in [0.15, 0.2) is 24.5 Å². The molecule has 0 saturated carbocycles. The maximum atomic E-state index is 11.1. The SMILES string of the molecule is CC1(c2ccncc2)CNC(=O)C1. The Morgan fingerprint density at radius 2 is 2.15 bits per heavy atom. The molecular weight excluding hydrogens is 164 g/mol. The molecule has 1 N–H and O–H groups in total. The maximum absolute atomic E-state index is 11.1. The first-order valence-electron chi connectivity index (χ1n) is 4.38. The second kappa shape index (κ2) is 2.83. The lowest BCUT2D eigenvalue weighted by Gasteiger charge is -2.21. The molecule has 0 bridgehead atoms. The van der Waals surface area contributed by atoms with Crippen LogP contribution in [0.5, 0.6) is 0 Å². The quantitative estimate of drug-likeness (QED) is 0.689. The van der Waals surface area contributed by atoms with E-state index in [1.54, 1.807) is 12.4 Å². The normalized spacial score (nSPS) is 27.3. The topological polar surface area (TPSA) is 42.0 Å². The monoisotopic (exact) mass is 176 g/mol. The number of amides is 1. The van der Waals surface area contributed by atoms with E-state index in [4.69, 9.17) is 0 Å². The number of pyridine rings is 1. The fraction of sp³-hybridized carbons (Fsp3) is 0.400. The van der Waals surface area contributed by atoms with E-state index in [0.29, 0.717) is 6.42 Å². The molecule has 68 valence electrons. The van der Waals surface area contributed by atoms with Gasteiger partial charge in [-0.15, -0.1) is 0 Å². The van der Waals surface area contributed by atoms with Crippen LogP contribution in [0.1, 0.15) is 18.9 Å². The van der Waals surface area contributed by atoms with Crippen molar-refractivity contribution in [1.29, 1.82) is 0 Å². The standard InChI is InChI=1S/C10H12N2O/c1-10(6-9(13)12-7-10)8-2-4-11-5-3-8/h2-5H,6-7H2,1H3,(H,12,13). The van der Waals surface area contributed by atoms with E-state index in [0.717, 1.165) is 6.54 Å². The Morgan fingerprint density at radius 3 is 2.69 bits per heavy atom. The molecule has 13 heavy (non-hydrogen) atoms. The summed E-state index contributed by atoms with van der Waals surface area (Å²) >= 11 is 0. The smallest absolute Gasteiger partial charge is 0.220 e. The van der Waals surface area contributed by atoms with Crippen LogP contribution in [0, 0.1) is 0 Å². The second-order valence-electron chi connectivity index (χ2n) is 3.75. The van der Waals surface area contributed by atoms with Gasteiger partial charge in [0, 0.05) is 30.8 Å². The van der Waals surface area contributed by atoms with Crippen molar-refractivity contribution in [2.75, 3.05) is 6.54 Å². The Kier molecular flexibility index (Phi) is 1.79. The number of rotatable bonds is 1. The summed E-state index contributed by atoms with van der Waals surface area (Å²) in [6, 6.07) is 3.94. The van der Waals surface area contributed by atoms with E-state index in [9.17, 15) is 4.79 Å². The minimum atomic E-state index is -0.0416. The average molecular weight is 176 g/mol. The van der Waals surface area contributed by atoms with Gasteiger partial charge in [0.2, 0.25) is 5.91 Å². The molecule has 1 aliphatic heterocycles. The lowest BCUT2D eigenvalue weighted by atomic mass is 9.82. The van der Waals surface area contributed by atoms with E-state index in [1.165, 1.54) is 5.56 Å². The van der Waals surface area contributed by atoms with Crippen LogP contribution < -0.4 is 5.32 Å². The fourth-order valence-corrected chi connectivity index (χ4v) is 1.73. The summed E-state index contributed by atoms with van der Waals surface area (Å²) in [4.78, 5) is 15.1. The summed E-state index contributed by atoms with van der Waals surface area (Å²) in [6.07, 6.45) is 4.11. The molecule has 0 aromatic carbocycles. The van der Waals surface area contributed by atoms with Gasteiger partial charge in [0.15, 0.2) is 0 Å². The highest BCUT2D eigenvalue weighted by atomic mass is 16.1. The van der Waals surface area contributed by atoms with Gasteiger partial charge in [-0.2, -0.15) is 0 Å². The average Bonchev–Trinajstić information content (AvgIpc) is 2.49. The Hall–Kier alpha value is -1.38. The molecule has 3 heteroatoms. The van der Waals surface area contributed by atoms with E-state index in [-0.39, 0.29) is 11.3 Å². The number of hydrogen-bond donors (Lipinski definition) is 1. The van der Waals surface area contributed by atoms with Gasteiger partial charge in [-0.25, -0.2) is 0 Å². The molecule has 3 nitrogen and oxygen atoms in total. The van der Waals surface area contributed by atoms with Crippen molar-refractivity contribution in [3.05, 3.63) is 30.1 Å². The highest BCUT2D eigenvalue weighted by Crippen LogP contribution is 2.29. The largest absolute Gasteiger partial charge is 0.355 e. The van der Waals surface area contributed by atoms with Crippen molar-refractivity contribution in [3.8, 4) is 0 Å². The van der Waals surface area contributed by atoms with Crippen LogP contribution in [0.4, 0.5) is 0 Å². The van der Waals surface area contributed by atoms with Crippen molar-refractivity contribution in [3.63, 3.8) is 0 Å². The van der Waals surface area contributed by atoms with Gasteiger partial charge in [-0.1, -0.05) is 6.92 Å². The van der Waals surface area contributed by atoms with Crippen molar-refractivity contribution in [2.45, 2.75) is 18.8 Å². The highest BCUT2D eigenvalue weighted by molar-refractivity contribution is 5.80. The molecule has 1 saturated heterocycles. The first-order valence-corrected chi connectivity index (χ1v) is 4.38. The summed E-state index contributed by atoms with van der Waals surface area (Å²) in [6.45, 7) is 2.83. The van der Waals surface area contributed by atoms with Crippen molar-refractivity contribution >= 4 is 5.91 Å². The van der Waals surface area contributed by atoms with Crippen LogP contribution in [0.2, 0.25) is 0 Å². The third-order valence-electron chi connectivity index (χ3n) is 2.60. The van der Waals surface area contributed by atoms with Crippen LogP contribution in [-0.2, 0) is 10.2 Å². The van der Waals surface area contributed by atoms with E-state index in [1.807, 2.05) is 12.1 Å². The first-order chi connectivity index (χ1) is 6.21. The Balaban J connectivity index is 2.31. The predicted octanol–water partition coefficient (Wildman–Crippen LogP) is 0.859. The number of aromatic nitrogens is 1. The molecule has 0 aliphatic carbocycles. The van der Waals surface area contributed by atoms with Gasteiger partial charge in [-0.3, -0.25) is 9.78 Å². The highest BCUT2D eigenvalue weighted by Gasteiger charge is 2.35. The molecule has 2 heterocycles. The Morgan fingerprint density at radius 1 is 1.46 bits per heavy atom. The minimum absolute atomic E-state index is 0.0416. The molecule has 1 atom stereocenters. The molecule has 0 spiro atoms. The molecule has 0 radical (unpaired) electrons. The van der Waals surface area contributed by atoms with Crippen LogP contribution >= 0.6 is 0 Å². The predicted molar refractivity (Wildman–Crippen MR) is 49.2 cm³/mol. The zero-order valence-electron chi connectivity index (χ0n) is 7.58. The van der Waals surface area contributed by atoms with Crippen LogP contribution in [0.25, 0.3) is 0 Å². The summed E-state index contributed by atoms with van der Waals surface area (Å²) in [5.74, 6) is 0.138. The van der Waals surface area contributed by atoms with Gasteiger partial charge in [0.1, 0.15) is 0 Å². The van der Waals surface area contributed by atoms with Crippen molar-refractivity contribution in [1.82, 2.24) is 10.3 Å². The lowest BCUT2D eigenvalue weighted by Crippen LogP contribution is -2.24. The zero-order chi connectivity index (χ0) is 9.31. The molecule has 2 rings (SSSR count). The number of nitrogens with one attached hydrogen (secondary N) is 1. The van der Waals surface area contributed by atoms with Crippen LogP contribution in [-0.4, -0.2) is 17.4 Å².